The molecule has 0 spiro atoms. The lowest BCUT2D eigenvalue weighted by molar-refractivity contribution is 0.385. The van der Waals surface area contributed by atoms with Crippen molar-refractivity contribution in [3.8, 4) is 5.75 Å². The molecule has 120 valence electrons. The molecule has 0 amide bonds. The maximum atomic E-state index is 13.5. The summed E-state index contributed by atoms with van der Waals surface area (Å²) in [5.41, 5.74) is 0. The minimum Gasteiger partial charge on any atom is -0.494 e. The molecule has 1 atom stereocenters. The maximum Gasteiger partial charge on any atom is 0.240 e. The third kappa shape index (κ3) is 4.81. The van der Waals surface area contributed by atoms with Crippen molar-refractivity contribution in [1.82, 2.24) is 10.0 Å². The summed E-state index contributed by atoms with van der Waals surface area (Å²) in [6.45, 7) is 2.28. The molecule has 2 rings (SSSR count). The van der Waals surface area contributed by atoms with Crippen LogP contribution < -0.4 is 14.8 Å². The molecule has 0 bridgehead atoms. The Hall–Kier alpha value is -0.890. The molecule has 2 N–H and O–H groups in total. The van der Waals surface area contributed by atoms with Crippen LogP contribution in [-0.2, 0) is 10.0 Å². The third-order valence-electron chi connectivity index (χ3n) is 3.44. The van der Waals surface area contributed by atoms with Gasteiger partial charge in [0.05, 0.1) is 12.0 Å². The summed E-state index contributed by atoms with van der Waals surface area (Å²) in [7, 11) is -2.33. The van der Waals surface area contributed by atoms with E-state index >= 15 is 0 Å². The number of hydrogen-bond donors (Lipinski definition) is 2. The molecule has 0 radical (unpaired) electrons. The molecule has 1 heterocycles. The summed E-state index contributed by atoms with van der Waals surface area (Å²) < 4.78 is 44.8. The molecule has 0 saturated carbocycles. The monoisotopic (exact) mass is 338 g/mol. The van der Waals surface area contributed by atoms with Crippen molar-refractivity contribution in [1.29, 1.82) is 0 Å². The normalized spacial score (nSPS) is 18.3. The Balaban J connectivity index is 0.00000220. The molecule has 21 heavy (non-hydrogen) atoms. The van der Waals surface area contributed by atoms with E-state index in [0.717, 1.165) is 32.0 Å². The summed E-state index contributed by atoms with van der Waals surface area (Å²) in [5.74, 6) is -0.151. The molecule has 1 aliphatic heterocycles. The highest BCUT2D eigenvalue weighted by atomic mass is 35.5. The zero-order valence-corrected chi connectivity index (χ0v) is 13.4. The minimum atomic E-state index is -3.67. The van der Waals surface area contributed by atoms with Crippen molar-refractivity contribution in [2.45, 2.75) is 17.7 Å². The first-order valence-electron chi connectivity index (χ1n) is 6.57. The van der Waals surface area contributed by atoms with E-state index in [0.29, 0.717) is 12.5 Å². The van der Waals surface area contributed by atoms with Crippen molar-refractivity contribution in [3.05, 3.63) is 24.0 Å². The van der Waals surface area contributed by atoms with Crippen LogP contribution in [0.1, 0.15) is 12.8 Å². The van der Waals surface area contributed by atoms with E-state index in [1.165, 1.54) is 19.2 Å². The van der Waals surface area contributed by atoms with Crippen molar-refractivity contribution < 1.29 is 17.5 Å². The summed E-state index contributed by atoms with van der Waals surface area (Å²) in [6.07, 6.45) is 1.85. The molecular formula is C13H20ClFN2O3S. The summed E-state index contributed by atoms with van der Waals surface area (Å²) in [5, 5.41) is 3.23. The van der Waals surface area contributed by atoms with Gasteiger partial charge in [0.15, 0.2) is 11.6 Å². The maximum absolute atomic E-state index is 13.5. The number of sulfonamides is 1. The van der Waals surface area contributed by atoms with Crippen LogP contribution >= 0.6 is 12.4 Å². The molecule has 1 fully saturated rings. The molecular weight excluding hydrogens is 319 g/mol. The second-order valence-electron chi connectivity index (χ2n) is 4.84. The average Bonchev–Trinajstić information content (AvgIpc) is 2.91. The van der Waals surface area contributed by atoms with E-state index in [9.17, 15) is 12.8 Å². The van der Waals surface area contributed by atoms with Gasteiger partial charge in [-0.3, -0.25) is 0 Å². The number of nitrogens with one attached hydrogen (secondary N) is 2. The van der Waals surface area contributed by atoms with E-state index in [2.05, 4.69) is 10.0 Å². The Kier molecular flexibility index (Phi) is 6.86. The minimum absolute atomic E-state index is 0. The topological polar surface area (TPSA) is 67.4 Å². The van der Waals surface area contributed by atoms with Gasteiger partial charge in [0, 0.05) is 6.54 Å². The smallest absolute Gasteiger partial charge is 0.240 e. The van der Waals surface area contributed by atoms with E-state index in [1.54, 1.807) is 0 Å². The molecule has 0 aliphatic carbocycles. The van der Waals surface area contributed by atoms with Crippen LogP contribution in [0.4, 0.5) is 4.39 Å². The van der Waals surface area contributed by atoms with Crippen LogP contribution in [0.25, 0.3) is 0 Å². The highest BCUT2D eigenvalue weighted by molar-refractivity contribution is 7.89. The molecule has 1 unspecified atom stereocenters. The zero-order valence-electron chi connectivity index (χ0n) is 11.8. The summed E-state index contributed by atoms with van der Waals surface area (Å²) in [4.78, 5) is -0.0830. The zero-order chi connectivity index (χ0) is 14.6. The molecule has 1 saturated heterocycles. The number of hydrogen-bond acceptors (Lipinski definition) is 4. The Labute approximate surface area is 130 Å². The molecule has 5 nitrogen and oxygen atoms in total. The highest BCUT2D eigenvalue weighted by Crippen LogP contribution is 2.20. The average molecular weight is 339 g/mol. The van der Waals surface area contributed by atoms with Gasteiger partial charge < -0.3 is 10.1 Å². The van der Waals surface area contributed by atoms with Gasteiger partial charge in [-0.2, -0.15) is 0 Å². The third-order valence-corrected chi connectivity index (χ3v) is 4.90. The fourth-order valence-electron chi connectivity index (χ4n) is 2.26. The van der Waals surface area contributed by atoms with Crippen LogP contribution in [0.3, 0.4) is 0 Å². The van der Waals surface area contributed by atoms with Crippen LogP contribution in [0.15, 0.2) is 23.1 Å². The van der Waals surface area contributed by atoms with Gasteiger partial charge in [-0.15, -0.1) is 12.4 Å². The van der Waals surface area contributed by atoms with Crippen molar-refractivity contribution in [2.24, 2.45) is 5.92 Å². The molecule has 0 aromatic heterocycles. The Morgan fingerprint density at radius 2 is 2.24 bits per heavy atom. The molecule has 1 aliphatic rings. The van der Waals surface area contributed by atoms with E-state index < -0.39 is 15.8 Å². The van der Waals surface area contributed by atoms with Gasteiger partial charge in [-0.25, -0.2) is 17.5 Å². The Morgan fingerprint density at radius 1 is 1.48 bits per heavy atom. The van der Waals surface area contributed by atoms with E-state index in [1.807, 2.05) is 0 Å². The Bertz CT molecular complexity index is 563. The lowest BCUT2D eigenvalue weighted by Crippen LogP contribution is -2.26. The standard InChI is InChI=1S/C13H19FN2O3S.ClH/c1-19-13-3-2-11(8-12(13)14)20(17,18)16-7-5-10-4-6-15-9-10;/h2-3,8,10,15-16H,4-7,9H2,1H3;1H. The second kappa shape index (κ2) is 7.93. The first-order chi connectivity index (χ1) is 9.53. The van der Waals surface area contributed by atoms with Crippen molar-refractivity contribution in [3.63, 3.8) is 0 Å². The van der Waals surface area contributed by atoms with Gasteiger partial charge in [-0.05, 0) is 50.0 Å². The molecule has 1 aromatic rings. The van der Waals surface area contributed by atoms with Crippen LogP contribution in [0, 0.1) is 11.7 Å². The van der Waals surface area contributed by atoms with Crippen LogP contribution in [0.5, 0.6) is 5.75 Å². The predicted octanol–water partition coefficient (Wildman–Crippen LogP) is 1.53. The van der Waals surface area contributed by atoms with Gasteiger partial charge in [0.1, 0.15) is 0 Å². The van der Waals surface area contributed by atoms with Crippen LogP contribution in [-0.4, -0.2) is 35.2 Å². The number of rotatable bonds is 6. The number of ether oxygens (including phenoxy) is 1. The number of benzene rings is 1. The first-order valence-corrected chi connectivity index (χ1v) is 8.05. The SMILES string of the molecule is COc1ccc(S(=O)(=O)NCCC2CCNC2)cc1F.Cl. The lowest BCUT2D eigenvalue weighted by Gasteiger charge is -2.10. The van der Waals surface area contributed by atoms with Crippen molar-refractivity contribution in [2.75, 3.05) is 26.7 Å². The fraction of sp³-hybridized carbons (Fsp3) is 0.538. The van der Waals surface area contributed by atoms with E-state index in [-0.39, 0.29) is 23.1 Å². The lowest BCUT2D eigenvalue weighted by atomic mass is 10.1. The second-order valence-corrected chi connectivity index (χ2v) is 6.61. The van der Waals surface area contributed by atoms with Gasteiger partial charge >= 0.3 is 0 Å². The van der Waals surface area contributed by atoms with Gasteiger partial charge in [0.2, 0.25) is 10.0 Å². The quantitative estimate of drug-likeness (QED) is 0.825. The van der Waals surface area contributed by atoms with Crippen LogP contribution in [0.2, 0.25) is 0 Å². The summed E-state index contributed by atoms with van der Waals surface area (Å²) >= 11 is 0. The molecule has 1 aromatic carbocycles. The highest BCUT2D eigenvalue weighted by Gasteiger charge is 2.18. The summed E-state index contributed by atoms with van der Waals surface area (Å²) in [6, 6.07) is 3.62. The largest absolute Gasteiger partial charge is 0.494 e. The molecule has 8 heteroatoms. The predicted molar refractivity (Wildman–Crippen MR) is 81.0 cm³/mol. The van der Waals surface area contributed by atoms with Gasteiger partial charge in [0.25, 0.3) is 0 Å². The van der Waals surface area contributed by atoms with E-state index in [4.69, 9.17) is 4.74 Å². The van der Waals surface area contributed by atoms with Crippen molar-refractivity contribution >= 4 is 22.4 Å². The number of halogens is 2. The first kappa shape index (κ1) is 18.2. The number of methoxy groups -OCH3 is 1. The fourth-order valence-corrected chi connectivity index (χ4v) is 3.31. The Morgan fingerprint density at radius 3 is 2.81 bits per heavy atom. The van der Waals surface area contributed by atoms with Gasteiger partial charge in [-0.1, -0.05) is 0 Å².